The lowest BCUT2D eigenvalue weighted by Crippen LogP contribution is -2.10. The SMILES string of the molecule is CCOc1cc(C=O)ccc1OC(=O)c1cccc2ccccc12. The van der Waals surface area contributed by atoms with Gasteiger partial charge in [0.25, 0.3) is 0 Å². The third-order valence-corrected chi connectivity index (χ3v) is 3.62. The van der Waals surface area contributed by atoms with Gasteiger partial charge in [0.05, 0.1) is 12.2 Å². The first-order valence-electron chi connectivity index (χ1n) is 7.65. The molecule has 0 aliphatic rings. The predicted octanol–water partition coefficient (Wildman–Crippen LogP) is 4.27. The zero-order chi connectivity index (χ0) is 16.9. The maximum absolute atomic E-state index is 12.6. The van der Waals surface area contributed by atoms with Gasteiger partial charge in [0.1, 0.15) is 6.29 Å². The maximum atomic E-state index is 12.6. The molecule has 24 heavy (non-hydrogen) atoms. The van der Waals surface area contributed by atoms with E-state index in [1.807, 2.05) is 43.3 Å². The zero-order valence-electron chi connectivity index (χ0n) is 13.2. The average Bonchev–Trinajstić information content (AvgIpc) is 2.62. The van der Waals surface area contributed by atoms with Crippen LogP contribution < -0.4 is 9.47 Å². The van der Waals surface area contributed by atoms with E-state index in [1.54, 1.807) is 24.3 Å². The van der Waals surface area contributed by atoms with E-state index >= 15 is 0 Å². The Morgan fingerprint density at radius 2 is 1.79 bits per heavy atom. The predicted molar refractivity (Wildman–Crippen MR) is 91.9 cm³/mol. The summed E-state index contributed by atoms with van der Waals surface area (Å²) < 4.78 is 11.0. The van der Waals surface area contributed by atoms with Crippen molar-refractivity contribution in [3.8, 4) is 11.5 Å². The van der Waals surface area contributed by atoms with Crippen LogP contribution >= 0.6 is 0 Å². The van der Waals surface area contributed by atoms with Crippen molar-refractivity contribution in [3.63, 3.8) is 0 Å². The molecule has 3 aromatic carbocycles. The standard InChI is InChI=1S/C20H16O4/c1-2-23-19-12-14(13-21)10-11-18(19)24-20(22)17-9-5-7-15-6-3-4-8-16(15)17/h3-13H,2H2,1H3. The van der Waals surface area contributed by atoms with E-state index < -0.39 is 5.97 Å². The maximum Gasteiger partial charge on any atom is 0.344 e. The lowest BCUT2D eigenvalue weighted by atomic mass is 10.0. The van der Waals surface area contributed by atoms with E-state index in [1.165, 1.54) is 0 Å². The Morgan fingerprint density at radius 1 is 1.00 bits per heavy atom. The molecule has 0 atom stereocenters. The first-order valence-corrected chi connectivity index (χ1v) is 7.65. The van der Waals surface area contributed by atoms with Gasteiger partial charge in [0.15, 0.2) is 11.5 Å². The Balaban J connectivity index is 1.96. The second-order valence-electron chi connectivity index (χ2n) is 5.17. The second-order valence-corrected chi connectivity index (χ2v) is 5.17. The highest BCUT2D eigenvalue weighted by molar-refractivity contribution is 6.05. The van der Waals surface area contributed by atoms with Crippen LogP contribution in [0.3, 0.4) is 0 Å². The van der Waals surface area contributed by atoms with Crippen LogP contribution in [0.15, 0.2) is 60.7 Å². The summed E-state index contributed by atoms with van der Waals surface area (Å²) >= 11 is 0. The highest BCUT2D eigenvalue weighted by Gasteiger charge is 2.15. The summed E-state index contributed by atoms with van der Waals surface area (Å²) in [5.74, 6) is 0.197. The van der Waals surface area contributed by atoms with Gasteiger partial charge in [-0.05, 0) is 42.0 Å². The molecule has 0 amide bonds. The van der Waals surface area contributed by atoms with Crippen molar-refractivity contribution in [3.05, 3.63) is 71.8 Å². The van der Waals surface area contributed by atoms with Crippen molar-refractivity contribution in [2.75, 3.05) is 6.61 Å². The van der Waals surface area contributed by atoms with E-state index in [9.17, 15) is 9.59 Å². The minimum atomic E-state index is -0.466. The Morgan fingerprint density at radius 3 is 2.58 bits per heavy atom. The molecule has 0 saturated carbocycles. The fourth-order valence-electron chi connectivity index (χ4n) is 2.51. The largest absolute Gasteiger partial charge is 0.490 e. The molecular weight excluding hydrogens is 304 g/mol. The summed E-state index contributed by atoms with van der Waals surface area (Å²) in [6.45, 7) is 2.23. The molecule has 0 radical (unpaired) electrons. The number of rotatable bonds is 5. The van der Waals surface area contributed by atoms with Crippen LogP contribution in [-0.4, -0.2) is 18.9 Å². The Labute approximate surface area is 139 Å². The fourth-order valence-corrected chi connectivity index (χ4v) is 2.51. The molecule has 0 heterocycles. The molecule has 0 unspecified atom stereocenters. The molecular formula is C20H16O4. The number of esters is 1. The monoisotopic (exact) mass is 320 g/mol. The fraction of sp³-hybridized carbons (Fsp3) is 0.100. The molecule has 0 spiro atoms. The molecule has 0 fully saturated rings. The molecule has 0 N–H and O–H groups in total. The van der Waals surface area contributed by atoms with E-state index in [0.29, 0.717) is 29.2 Å². The first-order chi connectivity index (χ1) is 11.7. The van der Waals surface area contributed by atoms with Gasteiger partial charge in [0, 0.05) is 5.56 Å². The minimum Gasteiger partial charge on any atom is -0.490 e. The van der Waals surface area contributed by atoms with Crippen LogP contribution in [0.5, 0.6) is 11.5 Å². The summed E-state index contributed by atoms with van der Waals surface area (Å²) in [5, 5.41) is 1.79. The Bertz CT molecular complexity index is 894. The third-order valence-electron chi connectivity index (χ3n) is 3.62. The van der Waals surface area contributed by atoms with E-state index in [-0.39, 0.29) is 0 Å². The molecule has 0 bridgehead atoms. The molecule has 4 heteroatoms. The highest BCUT2D eigenvalue weighted by Crippen LogP contribution is 2.29. The van der Waals surface area contributed by atoms with Gasteiger partial charge in [-0.2, -0.15) is 0 Å². The van der Waals surface area contributed by atoms with Crippen LogP contribution in [0.1, 0.15) is 27.6 Å². The number of fused-ring (bicyclic) bond motifs is 1. The van der Waals surface area contributed by atoms with Crippen molar-refractivity contribution in [1.29, 1.82) is 0 Å². The topological polar surface area (TPSA) is 52.6 Å². The summed E-state index contributed by atoms with van der Waals surface area (Å²) in [6, 6.07) is 17.8. The van der Waals surface area contributed by atoms with Crippen molar-refractivity contribution >= 4 is 23.0 Å². The van der Waals surface area contributed by atoms with Crippen LogP contribution in [0.25, 0.3) is 10.8 Å². The second kappa shape index (κ2) is 6.96. The number of benzene rings is 3. The molecule has 0 aliphatic carbocycles. The van der Waals surface area contributed by atoms with Crippen molar-refractivity contribution < 1.29 is 19.1 Å². The van der Waals surface area contributed by atoms with E-state index in [0.717, 1.165) is 17.1 Å². The van der Waals surface area contributed by atoms with Crippen LogP contribution in [0.2, 0.25) is 0 Å². The van der Waals surface area contributed by atoms with Gasteiger partial charge in [0.2, 0.25) is 0 Å². The normalized spacial score (nSPS) is 10.4. The molecule has 0 aliphatic heterocycles. The number of hydrogen-bond acceptors (Lipinski definition) is 4. The third kappa shape index (κ3) is 3.13. The van der Waals surface area contributed by atoms with Gasteiger partial charge in [-0.15, -0.1) is 0 Å². The molecule has 0 aromatic heterocycles. The lowest BCUT2D eigenvalue weighted by Gasteiger charge is -2.12. The Kier molecular flexibility index (Phi) is 4.57. The van der Waals surface area contributed by atoms with E-state index in [2.05, 4.69) is 0 Å². The zero-order valence-corrected chi connectivity index (χ0v) is 13.2. The number of carbonyl (C=O) groups excluding carboxylic acids is 2. The number of hydrogen-bond donors (Lipinski definition) is 0. The lowest BCUT2D eigenvalue weighted by molar-refractivity contribution is 0.0730. The summed E-state index contributed by atoms with van der Waals surface area (Å²) in [7, 11) is 0. The summed E-state index contributed by atoms with van der Waals surface area (Å²) in [6.07, 6.45) is 0.721. The molecule has 3 rings (SSSR count). The van der Waals surface area contributed by atoms with Crippen LogP contribution in [0.4, 0.5) is 0 Å². The van der Waals surface area contributed by atoms with Crippen LogP contribution in [-0.2, 0) is 0 Å². The van der Waals surface area contributed by atoms with Crippen molar-refractivity contribution in [1.82, 2.24) is 0 Å². The average molecular weight is 320 g/mol. The van der Waals surface area contributed by atoms with Gasteiger partial charge in [-0.1, -0.05) is 36.4 Å². The van der Waals surface area contributed by atoms with Gasteiger partial charge >= 0.3 is 5.97 Å². The first kappa shape index (κ1) is 15.7. The van der Waals surface area contributed by atoms with E-state index in [4.69, 9.17) is 9.47 Å². The highest BCUT2D eigenvalue weighted by atomic mass is 16.6. The summed E-state index contributed by atoms with van der Waals surface area (Å²) in [4.78, 5) is 23.5. The number of carbonyl (C=O) groups is 2. The summed E-state index contributed by atoms with van der Waals surface area (Å²) in [5.41, 5.74) is 0.943. The van der Waals surface area contributed by atoms with Gasteiger partial charge < -0.3 is 9.47 Å². The van der Waals surface area contributed by atoms with Crippen molar-refractivity contribution in [2.45, 2.75) is 6.92 Å². The number of ether oxygens (including phenoxy) is 2. The molecule has 3 aromatic rings. The van der Waals surface area contributed by atoms with Crippen LogP contribution in [0, 0.1) is 0 Å². The van der Waals surface area contributed by atoms with Crippen molar-refractivity contribution in [2.24, 2.45) is 0 Å². The molecule has 4 nitrogen and oxygen atoms in total. The number of aldehydes is 1. The van der Waals surface area contributed by atoms with Gasteiger partial charge in [-0.25, -0.2) is 4.79 Å². The minimum absolute atomic E-state index is 0.292. The quantitative estimate of drug-likeness (QED) is 0.400. The Hall–Kier alpha value is -3.14. The smallest absolute Gasteiger partial charge is 0.344 e. The molecule has 0 saturated heterocycles. The molecule has 120 valence electrons. The van der Waals surface area contributed by atoms with Gasteiger partial charge in [-0.3, -0.25) is 4.79 Å².